The van der Waals surface area contributed by atoms with Crippen LogP contribution in [0, 0.1) is 0 Å². The number of rotatable bonds is 3. The summed E-state index contributed by atoms with van der Waals surface area (Å²) in [5.41, 5.74) is -0.768. The number of fused-ring (bicyclic) bond motifs is 1. The Morgan fingerprint density at radius 1 is 1.00 bits per heavy atom. The highest BCUT2D eigenvalue weighted by Crippen LogP contribution is 2.39. The quantitative estimate of drug-likeness (QED) is 0.342. The summed E-state index contributed by atoms with van der Waals surface area (Å²) in [5.74, 6) is -0.711. The average molecular weight is 481 g/mol. The molecule has 1 amide bonds. The van der Waals surface area contributed by atoms with Gasteiger partial charge in [0.25, 0.3) is 5.91 Å². The van der Waals surface area contributed by atoms with Crippen LogP contribution in [0.1, 0.15) is 29.9 Å². The Morgan fingerprint density at radius 3 is 2.22 bits per heavy atom. The molecule has 0 fully saturated rings. The zero-order chi connectivity index (χ0) is 23.5. The summed E-state index contributed by atoms with van der Waals surface area (Å²) in [7, 11) is 0. The second-order valence-electron chi connectivity index (χ2n) is 6.24. The molecule has 0 unspecified atom stereocenters. The lowest BCUT2D eigenvalue weighted by Gasteiger charge is -2.09. The number of hydrogen-bond donors (Lipinski definition) is 1. The molecule has 2 aromatic carbocycles. The molecule has 0 bridgehead atoms. The molecule has 0 saturated carbocycles. The van der Waals surface area contributed by atoms with Crippen LogP contribution in [0.25, 0.3) is 16.7 Å². The van der Waals surface area contributed by atoms with E-state index in [-0.39, 0.29) is 16.2 Å². The van der Waals surface area contributed by atoms with Crippen molar-refractivity contribution in [1.82, 2.24) is 14.8 Å². The summed E-state index contributed by atoms with van der Waals surface area (Å²) in [5, 5.41) is 5.88. The third kappa shape index (κ3) is 4.71. The Morgan fingerprint density at radius 2 is 1.62 bits per heavy atom. The number of nitrogens with zero attached hydrogens (tertiary/aromatic N) is 3. The van der Waals surface area contributed by atoms with E-state index < -0.39 is 23.2 Å². The number of anilines is 1. The van der Waals surface area contributed by atoms with E-state index in [0.29, 0.717) is 16.4 Å². The summed E-state index contributed by atoms with van der Waals surface area (Å²) in [6.45, 7) is 4.00. The zero-order valence-electron chi connectivity index (χ0n) is 16.9. The summed E-state index contributed by atoms with van der Waals surface area (Å²) >= 11 is 12.1. The first-order valence-corrected chi connectivity index (χ1v) is 10.3. The van der Waals surface area contributed by atoms with Crippen LogP contribution in [0.5, 0.6) is 0 Å². The van der Waals surface area contributed by atoms with E-state index in [1.165, 1.54) is 0 Å². The van der Waals surface area contributed by atoms with E-state index in [2.05, 4.69) is 15.4 Å². The fourth-order valence-electron chi connectivity index (χ4n) is 2.89. The van der Waals surface area contributed by atoms with Crippen molar-refractivity contribution < 1.29 is 18.0 Å². The van der Waals surface area contributed by atoms with E-state index in [0.717, 1.165) is 10.9 Å². The fraction of sp³-hybridized carbons (Fsp3) is 0.136. The highest BCUT2D eigenvalue weighted by atomic mass is 35.5. The van der Waals surface area contributed by atoms with Gasteiger partial charge in [-0.2, -0.15) is 18.3 Å². The van der Waals surface area contributed by atoms with Crippen LogP contribution in [-0.2, 0) is 6.18 Å². The van der Waals surface area contributed by atoms with Gasteiger partial charge in [-0.1, -0.05) is 55.2 Å². The molecule has 0 aliphatic heterocycles. The van der Waals surface area contributed by atoms with Crippen molar-refractivity contribution in [2.75, 3.05) is 5.32 Å². The molecule has 32 heavy (non-hydrogen) atoms. The molecule has 166 valence electrons. The minimum absolute atomic E-state index is 0.110. The number of para-hydroxylation sites is 1. The molecular weight excluding hydrogens is 464 g/mol. The largest absolute Gasteiger partial charge is 0.435 e. The second kappa shape index (κ2) is 9.58. The molecular formula is C22H17Cl2F3N4O. The molecule has 0 aliphatic carbocycles. The Kier molecular flexibility index (Phi) is 7.06. The third-order valence-corrected chi connectivity index (χ3v) is 4.89. The number of benzene rings is 2. The summed E-state index contributed by atoms with van der Waals surface area (Å²) in [6.07, 6.45) is -3.67. The fourth-order valence-corrected chi connectivity index (χ4v) is 3.32. The first-order valence-electron chi connectivity index (χ1n) is 9.52. The third-order valence-electron chi connectivity index (χ3n) is 4.25. The Balaban J connectivity index is 0.00000141. The highest BCUT2D eigenvalue weighted by Gasteiger charge is 2.39. The lowest BCUT2D eigenvalue weighted by Crippen LogP contribution is -2.13. The summed E-state index contributed by atoms with van der Waals surface area (Å²) in [4.78, 5) is 16.7. The number of alkyl halides is 3. The maximum Gasteiger partial charge on any atom is 0.435 e. The van der Waals surface area contributed by atoms with Gasteiger partial charge in [-0.05, 0) is 36.4 Å². The van der Waals surface area contributed by atoms with E-state index in [4.69, 9.17) is 23.2 Å². The Hall–Kier alpha value is -3.10. The molecule has 0 spiro atoms. The molecule has 1 N–H and O–H groups in total. The molecule has 4 aromatic rings. The summed E-state index contributed by atoms with van der Waals surface area (Å²) in [6, 6.07) is 14.4. The normalized spacial score (nSPS) is 11.1. The Bertz CT molecular complexity index is 1240. The lowest BCUT2D eigenvalue weighted by molar-refractivity contribution is -0.140. The molecule has 0 saturated heterocycles. The van der Waals surface area contributed by atoms with Gasteiger partial charge >= 0.3 is 6.18 Å². The molecule has 10 heteroatoms. The number of amides is 1. The molecule has 2 heterocycles. The predicted molar refractivity (Wildman–Crippen MR) is 120 cm³/mol. The highest BCUT2D eigenvalue weighted by molar-refractivity contribution is 6.39. The number of hydrogen-bond acceptors (Lipinski definition) is 3. The van der Waals surface area contributed by atoms with Crippen LogP contribution >= 0.6 is 23.2 Å². The zero-order valence-corrected chi connectivity index (χ0v) is 18.4. The van der Waals surface area contributed by atoms with Crippen molar-refractivity contribution in [2.45, 2.75) is 20.0 Å². The van der Waals surface area contributed by atoms with Gasteiger partial charge in [-0.3, -0.25) is 4.79 Å². The van der Waals surface area contributed by atoms with Gasteiger partial charge in [0.1, 0.15) is 0 Å². The van der Waals surface area contributed by atoms with E-state index in [9.17, 15) is 18.0 Å². The van der Waals surface area contributed by atoms with Crippen molar-refractivity contribution in [1.29, 1.82) is 0 Å². The van der Waals surface area contributed by atoms with Crippen LogP contribution in [0.15, 0.2) is 60.8 Å². The average Bonchev–Trinajstić information content (AvgIpc) is 3.19. The maximum absolute atomic E-state index is 13.7. The van der Waals surface area contributed by atoms with Crippen LogP contribution in [0.4, 0.5) is 18.9 Å². The van der Waals surface area contributed by atoms with Gasteiger partial charge in [-0.15, -0.1) is 0 Å². The van der Waals surface area contributed by atoms with Crippen LogP contribution < -0.4 is 5.32 Å². The smallest absolute Gasteiger partial charge is 0.322 e. The molecule has 0 aliphatic rings. The molecule has 5 nitrogen and oxygen atoms in total. The van der Waals surface area contributed by atoms with E-state index in [1.807, 2.05) is 13.8 Å². The van der Waals surface area contributed by atoms with Crippen molar-refractivity contribution in [3.63, 3.8) is 0 Å². The van der Waals surface area contributed by atoms with Gasteiger partial charge in [0.15, 0.2) is 11.3 Å². The number of aromatic nitrogens is 3. The van der Waals surface area contributed by atoms with Crippen LogP contribution in [0.2, 0.25) is 10.0 Å². The van der Waals surface area contributed by atoms with Crippen molar-refractivity contribution >= 4 is 45.8 Å². The SMILES string of the molecule is CC.O=C(Nc1ccc(Cl)cc1)c1cnc2c(c(C(F)(F)F)nn2-c2ccccc2)c1Cl. The van der Waals surface area contributed by atoms with Crippen LogP contribution in [0.3, 0.4) is 0 Å². The van der Waals surface area contributed by atoms with Gasteiger partial charge < -0.3 is 5.32 Å². The van der Waals surface area contributed by atoms with E-state index >= 15 is 0 Å². The standard InChI is InChI=1S/C20H11Cl2F3N4O.C2H6/c21-11-6-8-12(9-7-11)27-19(30)14-10-26-18-15(16(14)22)17(20(23,24)25)28-29(18)13-4-2-1-3-5-13;1-2/h1-10H,(H,27,30);1-2H3. The summed E-state index contributed by atoms with van der Waals surface area (Å²) < 4.78 is 42.1. The number of carbonyl (C=O) groups is 1. The first-order chi connectivity index (χ1) is 15.3. The van der Waals surface area contributed by atoms with Gasteiger partial charge in [0.2, 0.25) is 0 Å². The number of halogens is 5. The number of nitrogens with one attached hydrogen (secondary N) is 1. The van der Waals surface area contributed by atoms with Crippen molar-refractivity contribution in [3.8, 4) is 5.69 Å². The number of carbonyl (C=O) groups excluding carboxylic acids is 1. The maximum atomic E-state index is 13.7. The molecule has 0 atom stereocenters. The first kappa shape index (κ1) is 23.6. The Labute approximate surface area is 191 Å². The number of pyridine rings is 1. The van der Waals surface area contributed by atoms with Gasteiger partial charge in [0, 0.05) is 16.9 Å². The minimum Gasteiger partial charge on any atom is -0.322 e. The van der Waals surface area contributed by atoms with Gasteiger partial charge in [-0.25, -0.2) is 9.67 Å². The van der Waals surface area contributed by atoms with E-state index in [1.54, 1.807) is 54.6 Å². The monoisotopic (exact) mass is 480 g/mol. The van der Waals surface area contributed by atoms with Crippen LogP contribution in [-0.4, -0.2) is 20.7 Å². The van der Waals surface area contributed by atoms with Crippen molar-refractivity contribution in [3.05, 3.63) is 82.1 Å². The topological polar surface area (TPSA) is 59.8 Å². The minimum atomic E-state index is -4.80. The van der Waals surface area contributed by atoms with Gasteiger partial charge in [0.05, 0.1) is 21.7 Å². The van der Waals surface area contributed by atoms with Crippen molar-refractivity contribution in [2.24, 2.45) is 0 Å². The molecule has 0 radical (unpaired) electrons. The molecule has 4 rings (SSSR count). The predicted octanol–water partition coefficient (Wildman–Crippen LogP) is 7.02. The lowest BCUT2D eigenvalue weighted by atomic mass is 10.1. The second-order valence-corrected chi connectivity index (χ2v) is 7.05. The molecule has 2 aromatic heterocycles.